The number of aliphatic hydroxyl groups excluding tert-OH is 1. The molecule has 1 aromatic rings. The third kappa shape index (κ3) is 3.97. The molecule has 0 aliphatic heterocycles. The van der Waals surface area contributed by atoms with Crippen molar-refractivity contribution < 1.29 is 9.90 Å². The molecule has 0 fully saturated rings. The molecule has 0 saturated carbocycles. The molecule has 1 rings (SSSR count). The number of nitrogens with two attached hydrogens (primary N) is 1. The summed E-state index contributed by atoms with van der Waals surface area (Å²) in [5.41, 5.74) is 7.36. The Kier molecular flexibility index (Phi) is 6.52. The number of benzene rings is 1. The summed E-state index contributed by atoms with van der Waals surface area (Å²) in [5.74, 6) is -0.191. The Morgan fingerprint density at radius 1 is 1.35 bits per heavy atom. The van der Waals surface area contributed by atoms with Crippen molar-refractivity contribution in [3.63, 3.8) is 0 Å². The summed E-state index contributed by atoms with van der Waals surface area (Å²) >= 11 is 0. The van der Waals surface area contributed by atoms with E-state index in [1.54, 1.807) is 4.90 Å². The van der Waals surface area contributed by atoms with Crippen LogP contribution >= 0.6 is 0 Å². The van der Waals surface area contributed by atoms with Gasteiger partial charge in [-0.1, -0.05) is 26.0 Å². The molecule has 20 heavy (non-hydrogen) atoms. The molecule has 0 aliphatic carbocycles. The van der Waals surface area contributed by atoms with Gasteiger partial charge in [0, 0.05) is 18.3 Å². The van der Waals surface area contributed by atoms with Crippen molar-refractivity contribution in [1.29, 1.82) is 0 Å². The average Bonchev–Trinajstić information content (AvgIpc) is 2.46. The van der Waals surface area contributed by atoms with Gasteiger partial charge in [-0.2, -0.15) is 0 Å². The number of carbonyl (C=O) groups excluding carboxylic acids is 1. The minimum absolute atomic E-state index is 0.00805. The molecule has 0 spiro atoms. The van der Waals surface area contributed by atoms with E-state index in [1.807, 2.05) is 31.2 Å². The van der Waals surface area contributed by atoms with Gasteiger partial charge in [-0.15, -0.1) is 0 Å². The maximum absolute atomic E-state index is 12.7. The predicted octanol–water partition coefficient (Wildman–Crippen LogP) is 2.38. The monoisotopic (exact) mass is 278 g/mol. The van der Waals surface area contributed by atoms with E-state index < -0.39 is 0 Å². The second kappa shape index (κ2) is 7.90. The van der Waals surface area contributed by atoms with Crippen LogP contribution in [0, 0.1) is 0 Å². The molecule has 0 bridgehead atoms. The fourth-order valence-electron chi connectivity index (χ4n) is 2.53. The molecule has 4 nitrogen and oxygen atoms in total. The molecule has 0 aromatic heterocycles. The average molecular weight is 278 g/mol. The van der Waals surface area contributed by atoms with Gasteiger partial charge in [0.1, 0.15) is 0 Å². The fraction of sp³-hybridized carbons (Fsp3) is 0.562. The van der Waals surface area contributed by atoms with E-state index in [9.17, 15) is 9.90 Å². The number of hydrogen-bond acceptors (Lipinski definition) is 3. The van der Waals surface area contributed by atoms with Crippen molar-refractivity contribution in [2.75, 3.05) is 18.9 Å². The molecule has 1 atom stereocenters. The minimum atomic E-state index is -0.245. The van der Waals surface area contributed by atoms with Gasteiger partial charge in [-0.3, -0.25) is 4.79 Å². The smallest absolute Gasteiger partial charge is 0.230 e. The summed E-state index contributed by atoms with van der Waals surface area (Å²) in [5, 5.41) is 9.21. The lowest BCUT2D eigenvalue weighted by Crippen LogP contribution is -2.43. The number of carbonyl (C=O) groups is 1. The summed E-state index contributed by atoms with van der Waals surface area (Å²) in [7, 11) is 0. The van der Waals surface area contributed by atoms with Crippen LogP contribution in [0.4, 0.5) is 5.69 Å². The normalized spacial score (nSPS) is 12.4. The molecule has 0 heterocycles. The first kappa shape index (κ1) is 16.5. The zero-order chi connectivity index (χ0) is 15.1. The summed E-state index contributed by atoms with van der Waals surface area (Å²) < 4.78 is 0. The maximum Gasteiger partial charge on any atom is 0.230 e. The predicted molar refractivity (Wildman–Crippen MR) is 82.4 cm³/mol. The van der Waals surface area contributed by atoms with Gasteiger partial charge in [0.2, 0.25) is 5.91 Å². The second-order valence-corrected chi connectivity index (χ2v) is 5.12. The molecule has 3 N–H and O–H groups in total. The highest BCUT2D eigenvalue weighted by Crippen LogP contribution is 2.22. The summed E-state index contributed by atoms with van der Waals surface area (Å²) in [6, 6.07) is 7.61. The summed E-state index contributed by atoms with van der Waals surface area (Å²) in [6.45, 7) is 6.40. The van der Waals surface area contributed by atoms with Crippen LogP contribution in [0.15, 0.2) is 24.3 Å². The largest absolute Gasteiger partial charge is 0.399 e. The first-order chi connectivity index (χ1) is 9.54. The van der Waals surface area contributed by atoms with Crippen LogP contribution < -0.4 is 5.73 Å². The van der Waals surface area contributed by atoms with Crippen LogP contribution in [-0.2, 0) is 4.79 Å². The van der Waals surface area contributed by atoms with E-state index in [-0.39, 0.29) is 24.5 Å². The number of nitrogens with zero attached hydrogens (tertiary/aromatic N) is 1. The Balaban J connectivity index is 2.93. The van der Waals surface area contributed by atoms with E-state index in [1.165, 1.54) is 0 Å². The van der Waals surface area contributed by atoms with Crippen molar-refractivity contribution >= 4 is 11.6 Å². The third-order valence-corrected chi connectivity index (χ3v) is 3.79. The summed E-state index contributed by atoms with van der Waals surface area (Å²) in [4.78, 5) is 14.5. The molecule has 0 saturated heterocycles. The van der Waals surface area contributed by atoms with Crippen LogP contribution in [0.2, 0.25) is 0 Å². The highest BCUT2D eigenvalue weighted by molar-refractivity contribution is 5.84. The highest BCUT2D eigenvalue weighted by Gasteiger charge is 2.26. The molecule has 0 aliphatic rings. The lowest BCUT2D eigenvalue weighted by Gasteiger charge is -2.32. The Hall–Kier alpha value is -1.55. The maximum atomic E-state index is 12.7. The molecule has 4 heteroatoms. The number of aliphatic hydroxyl groups is 1. The van der Waals surface area contributed by atoms with E-state index in [2.05, 4.69) is 13.8 Å². The van der Waals surface area contributed by atoms with E-state index in [0.29, 0.717) is 12.2 Å². The first-order valence-corrected chi connectivity index (χ1v) is 7.31. The van der Waals surface area contributed by atoms with E-state index in [0.717, 1.165) is 18.4 Å². The van der Waals surface area contributed by atoms with E-state index >= 15 is 0 Å². The minimum Gasteiger partial charge on any atom is -0.399 e. The van der Waals surface area contributed by atoms with Gasteiger partial charge in [-0.05, 0) is 37.5 Å². The Morgan fingerprint density at radius 2 is 2.00 bits per heavy atom. The van der Waals surface area contributed by atoms with Crippen LogP contribution in [0.3, 0.4) is 0 Å². The molecular weight excluding hydrogens is 252 g/mol. The number of amides is 1. The van der Waals surface area contributed by atoms with Gasteiger partial charge in [0.25, 0.3) is 0 Å². The quantitative estimate of drug-likeness (QED) is 0.753. The zero-order valence-electron chi connectivity index (χ0n) is 12.7. The summed E-state index contributed by atoms with van der Waals surface area (Å²) in [6.07, 6.45) is 1.79. The fourth-order valence-corrected chi connectivity index (χ4v) is 2.53. The Bertz CT molecular complexity index is 430. The van der Waals surface area contributed by atoms with E-state index in [4.69, 9.17) is 5.73 Å². The van der Waals surface area contributed by atoms with Crippen molar-refractivity contribution in [2.45, 2.75) is 45.6 Å². The van der Waals surface area contributed by atoms with Crippen molar-refractivity contribution in [3.05, 3.63) is 29.8 Å². The highest BCUT2D eigenvalue weighted by atomic mass is 16.3. The number of anilines is 1. The molecule has 0 radical (unpaired) electrons. The second-order valence-electron chi connectivity index (χ2n) is 5.12. The molecule has 112 valence electrons. The lowest BCUT2D eigenvalue weighted by atomic mass is 9.97. The molecule has 1 amide bonds. The van der Waals surface area contributed by atoms with Crippen LogP contribution in [0.1, 0.15) is 45.1 Å². The first-order valence-electron chi connectivity index (χ1n) is 7.31. The standard InChI is InChI=1S/C16H26N2O2/c1-4-15(5-2)18(9-10-19)16(20)12(3)13-7-6-8-14(17)11-13/h6-8,11-12,15,19H,4-5,9-10,17H2,1-3H3. The number of hydrogen-bond donors (Lipinski definition) is 2. The van der Waals surface area contributed by atoms with Crippen LogP contribution in [0.5, 0.6) is 0 Å². The SMILES string of the molecule is CCC(CC)N(CCO)C(=O)C(C)c1cccc(N)c1. The Morgan fingerprint density at radius 3 is 2.50 bits per heavy atom. The molecular formula is C16H26N2O2. The number of nitrogen functional groups attached to an aromatic ring is 1. The number of rotatable bonds is 7. The Labute approximate surface area is 121 Å². The van der Waals surface area contributed by atoms with Gasteiger partial charge in [-0.25, -0.2) is 0 Å². The topological polar surface area (TPSA) is 66.6 Å². The van der Waals surface area contributed by atoms with Crippen molar-refractivity contribution in [3.8, 4) is 0 Å². The van der Waals surface area contributed by atoms with Gasteiger partial charge in [0.15, 0.2) is 0 Å². The van der Waals surface area contributed by atoms with Crippen molar-refractivity contribution in [2.24, 2.45) is 0 Å². The molecule has 1 aromatic carbocycles. The zero-order valence-corrected chi connectivity index (χ0v) is 12.7. The van der Waals surface area contributed by atoms with Crippen LogP contribution in [-0.4, -0.2) is 35.1 Å². The van der Waals surface area contributed by atoms with Gasteiger partial charge in [0.05, 0.1) is 12.5 Å². The van der Waals surface area contributed by atoms with Crippen LogP contribution in [0.25, 0.3) is 0 Å². The van der Waals surface area contributed by atoms with Gasteiger partial charge >= 0.3 is 0 Å². The van der Waals surface area contributed by atoms with Gasteiger partial charge < -0.3 is 15.7 Å². The molecule has 1 unspecified atom stereocenters. The van der Waals surface area contributed by atoms with Crippen molar-refractivity contribution in [1.82, 2.24) is 4.90 Å². The third-order valence-electron chi connectivity index (χ3n) is 3.79. The lowest BCUT2D eigenvalue weighted by molar-refractivity contribution is -0.135.